The second kappa shape index (κ2) is 7.28. The highest BCUT2D eigenvalue weighted by molar-refractivity contribution is 5.81. The molecule has 154 valence electrons. The van der Waals surface area contributed by atoms with Crippen molar-refractivity contribution in [1.82, 2.24) is 19.5 Å². The normalized spacial score (nSPS) is 32.5. The summed E-state index contributed by atoms with van der Waals surface area (Å²) < 4.78 is 2.06. The molecule has 4 bridgehead atoms. The number of nitrogens with two attached hydrogens (primary N) is 1. The summed E-state index contributed by atoms with van der Waals surface area (Å²) in [5.74, 6) is 9.32. The van der Waals surface area contributed by atoms with Crippen LogP contribution >= 0.6 is 0 Å². The van der Waals surface area contributed by atoms with Crippen molar-refractivity contribution < 1.29 is 5.11 Å². The number of aryl methyl sites for hydroxylation is 1. The van der Waals surface area contributed by atoms with Crippen molar-refractivity contribution in [3.8, 4) is 11.8 Å². The van der Waals surface area contributed by atoms with Gasteiger partial charge in [0.05, 0.1) is 17.8 Å². The molecule has 4 saturated carbocycles. The summed E-state index contributed by atoms with van der Waals surface area (Å²) in [5.41, 5.74) is 6.96. The van der Waals surface area contributed by atoms with E-state index in [9.17, 15) is 5.11 Å². The minimum absolute atomic E-state index is 0.0368. The van der Waals surface area contributed by atoms with Crippen molar-refractivity contribution >= 4 is 17.0 Å². The van der Waals surface area contributed by atoms with E-state index in [0.717, 1.165) is 31.5 Å². The molecule has 2 heterocycles. The van der Waals surface area contributed by atoms with Crippen LogP contribution in [0.2, 0.25) is 0 Å². The molecule has 0 spiro atoms. The lowest BCUT2D eigenvalue weighted by atomic mass is 9.50. The van der Waals surface area contributed by atoms with Crippen LogP contribution in [-0.4, -0.2) is 30.2 Å². The van der Waals surface area contributed by atoms with E-state index in [1.54, 1.807) is 6.33 Å². The Kier molecular flexibility index (Phi) is 4.74. The van der Waals surface area contributed by atoms with Crippen LogP contribution in [0, 0.1) is 35.5 Å². The lowest BCUT2D eigenvalue weighted by Gasteiger charge is -2.57. The number of nitrogens with zero attached hydrogens (tertiary/aromatic N) is 4. The number of rotatable bonds is 5. The van der Waals surface area contributed by atoms with Crippen molar-refractivity contribution in [2.75, 3.05) is 5.73 Å². The molecule has 6 nitrogen and oxygen atoms in total. The molecule has 0 saturated heterocycles. The molecule has 0 amide bonds. The van der Waals surface area contributed by atoms with Crippen LogP contribution in [-0.2, 0) is 6.54 Å². The summed E-state index contributed by atoms with van der Waals surface area (Å²) in [6.07, 6.45) is 12.1. The fraction of sp³-hybridized carbons (Fsp3) is 0.696. The number of unbranched alkanes of at least 4 members (excludes halogenated alkanes) is 3. The summed E-state index contributed by atoms with van der Waals surface area (Å²) in [4.78, 5) is 13.5. The third kappa shape index (κ3) is 3.40. The first-order chi connectivity index (χ1) is 14.1. The molecule has 3 unspecified atom stereocenters. The van der Waals surface area contributed by atoms with Gasteiger partial charge in [0.15, 0.2) is 11.5 Å². The number of anilines is 1. The molecule has 2 aromatic heterocycles. The number of aliphatic hydroxyl groups is 1. The average molecular weight is 394 g/mol. The lowest BCUT2D eigenvalue weighted by molar-refractivity contribution is -0.152. The van der Waals surface area contributed by atoms with E-state index in [1.807, 2.05) is 0 Å². The van der Waals surface area contributed by atoms with Gasteiger partial charge in [0.2, 0.25) is 5.82 Å². The maximum atomic E-state index is 11.2. The number of nitrogen functional groups attached to an aromatic ring is 1. The monoisotopic (exact) mass is 393 g/mol. The van der Waals surface area contributed by atoms with Crippen LogP contribution in [0.3, 0.4) is 0 Å². The second-order valence-corrected chi connectivity index (χ2v) is 9.56. The Morgan fingerprint density at radius 1 is 1.17 bits per heavy atom. The van der Waals surface area contributed by atoms with E-state index in [0.29, 0.717) is 34.9 Å². The van der Waals surface area contributed by atoms with Crippen molar-refractivity contribution in [1.29, 1.82) is 0 Å². The van der Waals surface area contributed by atoms with Gasteiger partial charge in [-0.2, -0.15) is 0 Å². The predicted octanol–water partition coefficient (Wildman–Crippen LogP) is 3.53. The van der Waals surface area contributed by atoms with Gasteiger partial charge in [0.1, 0.15) is 5.52 Å². The lowest BCUT2D eigenvalue weighted by Crippen LogP contribution is -2.56. The maximum Gasteiger partial charge on any atom is 0.208 e. The van der Waals surface area contributed by atoms with Crippen molar-refractivity contribution in [2.24, 2.45) is 23.7 Å². The highest BCUT2D eigenvalue weighted by Crippen LogP contribution is 2.58. The van der Waals surface area contributed by atoms with Gasteiger partial charge < -0.3 is 15.4 Å². The molecule has 6 heteroatoms. The molecule has 6 rings (SSSR count). The molecule has 3 N–H and O–H groups in total. The molecule has 0 radical (unpaired) electrons. The number of fused-ring (bicyclic) bond motifs is 1. The fourth-order valence-corrected chi connectivity index (χ4v) is 6.29. The first-order valence-corrected chi connectivity index (χ1v) is 11.3. The van der Waals surface area contributed by atoms with Crippen LogP contribution in [0.1, 0.15) is 70.5 Å². The van der Waals surface area contributed by atoms with Crippen LogP contribution in [0.25, 0.3) is 11.2 Å². The second-order valence-electron chi connectivity index (χ2n) is 9.56. The number of hydrogen-bond donors (Lipinski definition) is 2. The van der Waals surface area contributed by atoms with E-state index in [2.05, 4.69) is 38.3 Å². The number of imidazole rings is 1. The predicted molar refractivity (Wildman–Crippen MR) is 113 cm³/mol. The zero-order valence-corrected chi connectivity index (χ0v) is 17.3. The van der Waals surface area contributed by atoms with Crippen LogP contribution in [0.15, 0.2) is 6.33 Å². The van der Waals surface area contributed by atoms with Crippen LogP contribution < -0.4 is 5.73 Å². The summed E-state index contributed by atoms with van der Waals surface area (Å²) >= 11 is 0. The molecule has 4 aliphatic carbocycles. The average Bonchev–Trinajstić information content (AvgIpc) is 3.07. The van der Waals surface area contributed by atoms with Crippen molar-refractivity contribution in [3.05, 3.63) is 12.2 Å². The SMILES string of the molecule is CCCCCCn1cnc2c(N)nc(C#CC3C4CC5CC(C4)CC3(O)C5)nc21. The van der Waals surface area contributed by atoms with E-state index in [-0.39, 0.29) is 5.92 Å². The van der Waals surface area contributed by atoms with Crippen LogP contribution in [0.5, 0.6) is 0 Å². The zero-order chi connectivity index (χ0) is 20.0. The Balaban J connectivity index is 1.40. The Morgan fingerprint density at radius 2 is 1.97 bits per heavy atom. The van der Waals surface area contributed by atoms with Gasteiger partial charge in [-0.25, -0.2) is 15.0 Å². The molecule has 0 aliphatic heterocycles. The topological polar surface area (TPSA) is 89.9 Å². The smallest absolute Gasteiger partial charge is 0.208 e. The molecule has 2 aromatic rings. The first kappa shape index (κ1) is 18.9. The Hall–Kier alpha value is -2.13. The number of hydrogen-bond acceptors (Lipinski definition) is 5. The largest absolute Gasteiger partial charge is 0.389 e. The van der Waals surface area contributed by atoms with Gasteiger partial charge in [-0.1, -0.05) is 32.1 Å². The van der Waals surface area contributed by atoms with Gasteiger partial charge in [0, 0.05) is 6.54 Å². The van der Waals surface area contributed by atoms with Crippen molar-refractivity contribution in [3.63, 3.8) is 0 Å². The van der Waals surface area contributed by atoms with Gasteiger partial charge in [-0.3, -0.25) is 0 Å². The molecule has 29 heavy (non-hydrogen) atoms. The van der Waals surface area contributed by atoms with E-state index in [1.165, 1.54) is 38.5 Å². The van der Waals surface area contributed by atoms with E-state index < -0.39 is 5.60 Å². The van der Waals surface area contributed by atoms with Gasteiger partial charge in [-0.05, 0) is 62.2 Å². The van der Waals surface area contributed by atoms with Gasteiger partial charge >= 0.3 is 0 Å². The quantitative estimate of drug-likeness (QED) is 0.599. The van der Waals surface area contributed by atoms with Crippen LogP contribution in [0.4, 0.5) is 5.82 Å². The van der Waals surface area contributed by atoms with Gasteiger partial charge in [-0.15, -0.1) is 0 Å². The summed E-state index contributed by atoms with van der Waals surface area (Å²) in [5, 5.41) is 11.2. The van der Waals surface area contributed by atoms with E-state index in [4.69, 9.17) is 5.73 Å². The maximum absolute atomic E-state index is 11.2. The summed E-state index contributed by atoms with van der Waals surface area (Å²) in [7, 11) is 0. The fourth-order valence-electron chi connectivity index (χ4n) is 6.29. The third-order valence-corrected chi connectivity index (χ3v) is 7.36. The molecular weight excluding hydrogens is 362 g/mol. The Labute approximate surface area is 172 Å². The Bertz CT molecular complexity index is 957. The molecule has 3 atom stereocenters. The summed E-state index contributed by atoms with van der Waals surface area (Å²) in [6.45, 7) is 3.10. The highest BCUT2D eigenvalue weighted by Gasteiger charge is 2.55. The van der Waals surface area contributed by atoms with Gasteiger partial charge in [0.25, 0.3) is 0 Å². The highest BCUT2D eigenvalue weighted by atomic mass is 16.3. The van der Waals surface area contributed by atoms with E-state index >= 15 is 0 Å². The minimum Gasteiger partial charge on any atom is -0.389 e. The molecule has 4 aliphatic rings. The summed E-state index contributed by atoms with van der Waals surface area (Å²) in [6, 6.07) is 0. The molecule has 0 aromatic carbocycles. The molecule has 4 fully saturated rings. The standard InChI is InChI=1S/C23H31N5O/c1-2-3-4-5-8-28-14-25-20-21(24)26-19(27-22(20)28)7-6-18-17-10-15-9-16(11-17)13-23(18,29)12-15/h14-18,29H,2-5,8-13H2,1H3,(H2,24,26,27). The first-order valence-electron chi connectivity index (χ1n) is 11.3. The third-order valence-electron chi connectivity index (χ3n) is 7.36. The Morgan fingerprint density at radius 3 is 2.69 bits per heavy atom. The minimum atomic E-state index is -0.613. The molecular formula is C23H31N5O. The zero-order valence-electron chi connectivity index (χ0n) is 17.3. The van der Waals surface area contributed by atoms with Crippen molar-refractivity contribution in [2.45, 2.75) is 76.9 Å². The number of aromatic nitrogens is 4.